The van der Waals surface area contributed by atoms with E-state index in [0.29, 0.717) is 6.61 Å². The molecule has 0 aromatic heterocycles. The van der Waals surface area contributed by atoms with Crippen molar-refractivity contribution in [3.05, 3.63) is 76.8 Å². The van der Waals surface area contributed by atoms with Crippen LogP contribution in [0.5, 0.6) is 11.5 Å². The summed E-state index contributed by atoms with van der Waals surface area (Å²) in [7, 11) is 0. The maximum atomic E-state index is 6.39. The van der Waals surface area contributed by atoms with Crippen molar-refractivity contribution in [1.82, 2.24) is 0 Å². The van der Waals surface area contributed by atoms with Crippen LogP contribution < -0.4 is 14.8 Å². The third kappa shape index (κ3) is 3.42. The fourth-order valence-electron chi connectivity index (χ4n) is 3.09. The third-order valence-corrected chi connectivity index (χ3v) is 4.82. The maximum absolute atomic E-state index is 6.39. The Morgan fingerprint density at radius 2 is 1.88 bits per heavy atom. The summed E-state index contributed by atoms with van der Waals surface area (Å²) < 4.78 is 13.2. The lowest BCUT2D eigenvalue weighted by atomic mass is 10.0. The summed E-state index contributed by atoms with van der Waals surface area (Å²) in [6.07, 6.45) is 0.694. The van der Waals surface area contributed by atoms with Gasteiger partial charge in [0.1, 0.15) is 11.5 Å². The smallest absolute Gasteiger partial charge is 0.196 e. The second-order valence-corrected chi connectivity index (χ2v) is 7.16. The van der Waals surface area contributed by atoms with Gasteiger partial charge in [0.2, 0.25) is 0 Å². The number of anilines is 1. The van der Waals surface area contributed by atoms with Crippen molar-refractivity contribution in [2.45, 2.75) is 19.6 Å². The Bertz CT molecular complexity index is 926. The van der Waals surface area contributed by atoms with Crippen molar-refractivity contribution < 1.29 is 9.47 Å². The molecular formula is C22H20BrNO2. The topological polar surface area (TPSA) is 30.5 Å². The summed E-state index contributed by atoms with van der Waals surface area (Å²) in [5.74, 6) is 1.65. The molecule has 0 fully saturated rings. The highest BCUT2D eigenvalue weighted by molar-refractivity contribution is 9.10. The van der Waals surface area contributed by atoms with Gasteiger partial charge in [0.15, 0.2) is 6.23 Å². The molecule has 1 aliphatic heterocycles. The third-order valence-electron chi connectivity index (χ3n) is 4.33. The minimum atomic E-state index is -0.281. The number of nitrogens with one attached hydrogen (secondary N) is 1. The fraction of sp³-hybridized carbons (Fsp3) is 0.182. The lowest BCUT2D eigenvalue weighted by molar-refractivity contribution is 0.236. The van der Waals surface area contributed by atoms with Crippen molar-refractivity contribution in [3.63, 3.8) is 0 Å². The molecule has 0 aliphatic carbocycles. The quantitative estimate of drug-likeness (QED) is 0.539. The van der Waals surface area contributed by atoms with Gasteiger partial charge in [-0.15, -0.1) is 0 Å². The summed E-state index contributed by atoms with van der Waals surface area (Å²) >= 11 is 3.55. The number of benzene rings is 3. The molecule has 132 valence electrons. The van der Waals surface area contributed by atoms with Gasteiger partial charge in [-0.25, -0.2) is 0 Å². The molecule has 0 amide bonds. The molecule has 0 radical (unpaired) electrons. The molecule has 1 aliphatic rings. The van der Waals surface area contributed by atoms with E-state index in [1.165, 1.54) is 0 Å². The molecule has 1 unspecified atom stereocenters. The summed E-state index contributed by atoms with van der Waals surface area (Å²) in [5, 5.41) is 3.53. The van der Waals surface area contributed by atoms with Gasteiger partial charge in [-0.1, -0.05) is 53.2 Å². The first-order valence-corrected chi connectivity index (χ1v) is 9.59. The van der Waals surface area contributed by atoms with Crippen LogP contribution in [0.1, 0.15) is 25.1 Å². The van der Waals surface area contributed by atoms with E-state index < -0.39 is 0 Å². The molecule has 3 aromatic carbocycles. The zero-order chi connectivity index (χ0) is 17.9. The van der Waals surface area contributed by atoms with Gasteiger partial charge in [-0.05, 0) is 36.8 Å². The summed E-state index contributed by atoms with van der Waals surface area (Å²) in [6.45, 7) is 2.80. The lowest BCUT2D eigenvalue weighted by Crippen LogP contribution is -2.16. The van der Waals surface area contributed by atoms with E-state index in [0.717, 1.165) is 44.8 Å². The number of halogens is 1. The van der Waals surface area contributed by atoms with E-state index >= 15 is 0 Å². The molecule has 1 atom stereocenters. The molecule has 4 heteroatoms. The molecule has 0 saturated carbocycles. The Balaban J connectivity index is 1.79. The predicted molar refractivity (Wildman–Crippen MR) is 109 cm³/mol. The van der Waals surface area contributed by atoms with Crippen molar-refractivity contribution in [1.29, 1.82) is 0 Å². The highest BCUT2D eigenvalue weighted by Gasteiger charge is 2.23. The molecule has 1 N–H and O–H groups in total. The van der Waals surface area contributed by atoms with E-state index in [1.807, 2.05) is 36.4 Å². The van der Waals surface area contributed by atoms with E-state index in [1.54, 1.807) is 0 Å². The second kappa shape index (κ2) is 7.42. The maximum Gasteiger partial charge on any atom is 0.196 e. The number of para-hydroxylation sites is 1. The van der Waals surface area contributed by atoms with Gasteiger partial charge in [0.05, 0.1) is 6.61 Å². The predicted octanol–water partition coefficient (Wildman–Crippen LogP) is 6.41. The molecule has 1 heterocycles. The van der Waals surface area contributed by atoms with Crippen LogP contribution in [0.4, 0.5) is 5.69 Å². The van der Waals surface area contributed by atoms with Crippen molar-refractivity contribution >= 4 is 21.6 Å². The summed E-state index contributed by atoms with van der Waals surface area (Å²) in [5.41, 5.74) is 4.30. The normalized spacial score (nSPS) is 15.1. The van der Waals surface area contributed by atoms with Gasteiger partial charge < -0.3 is 14.8 Å². The van der Waals surface area contributed by atoms with E-state index in [-0.39, 0.29) is 6.23 Å². The Kier molecular flexibility index (Phi) is 4.85. The van der Waals surface area contributed by atoms with Crippen LogP contribution in [0.25, 0.3) is 11.1 Å². The first-order valence-electron chi connectivity index (χ1n) is 8.79. The van der Waals surface area contributed by atoms with Crippen LogP contribution >= 0.6 is 15.9 Å². The van der Waals surface area contributed by atoms with E-state index in [2.05, 4.69) is 58.5 Å². The van der Waals surface area contributed by atoms with Crippen molar-refractivity contribution in [2.24, 2.45) is 0 Å². The minimum absolute atomic E-state index is 0.281. The lowest BCUT2D eigenvalue weighted by Gasteiger charge is -2.20. The van der Waals surface area contributed by atoms with Gasteiger partial charge in [-0.3, -0.25) is 0 Å². The molecule has 0 spiro atoms. The van der Waals surface area contributed by atoms with Crippen molar-refractivity contribution in [2.75, 3.05) is 11.9 Å². The molecule has 4 rings (SSSR count). The summed E-state index contributed by atoms with van der Waals surface area (Å²) in [4.78, 5) is 0. The number of hydrogen-bond acceptors (Lipinski definition) is 3. The van der Waals surface area contributed by atoms with Crippen LogP contribution in [0.2, 0.25) is 0 Å². The van der Waals surface area contributed by atoms with Crippen LogP contribution in [-0.2, 0) is 0 Å². The highest BCUT2D eigenvalue weighted by Crippen LogP contribution is 2.43. The highest BCUT2D eigenvalue weighted by atomic mass is 79.9. The van der Waals surface area contributed by atoms with Crippen molar-refractivity contribution in [3.8, 4) is 22.6 Å². The Hall–Kier alpha value is -2.46. The minimum Gasteiger partial charge on any atom is -0.493 e. The van der Waals surface area contributed by atoms with E-state index in [4.69, 9.17) is 9.47 Å². The van der Waals surface area contributed by atoms with Crippen LogP contribution in [0, 0.1) is 0 Å². The number of hydrogen-bond donors (Lipinski definition) is 1. The van der Waals surface area contributed by atoms with Crippen LogP contribution in [-0.4, -0.2) is 6.61 Å². The van der Waals surface area contributed by atoms with Gasteiger partial charge in [-0.2, -0.15) is 0 Å². The molecule has 0 bridgehead atoms. The molecule has 3 nitrogen and oxygen atoms in total. The van der Waals surface area contributed by atoms with E-state index in [9.17, 15) is 0 Å². The Labute approximate surface area is 162 Å². The number of rotatable bonds is 4. The number of ether oxygens (including phenoxy) is 2. The zero-order valence-corrected chi connectivity index (χ0v) is 16.1. The SMILES string of the molecule is CCCOc1ccc2c(c1)OC(c1cccc(Br)c1)Nc1ccccc1-2. The van der Waals surface area contributed by atoms with Gasteiger partial charge in [0, 0.05) is 32.9 Å². The van der Waals surface area contributed by atoms with Crippen LogP contribution in [0.3, 0.4) is 0 Å². The molecular weight excluding hydrogens is 390 g/mol. The summed E-state index contributed by atoms with van der Waals surface area (Å²) in [6, 6.07) is 22.5. The fourth-order valence-corrected chi connectivity index (χ4v) is 3.51. The molecule has 0 saturated heterocycles. The first kappa shape index (κ1) is 17.0. The first-order chi connectivity index (χ1) is 12.7. The van der Waals surface area contributed by atoms with Gasteiger partial charge >= 0.3 is 0 Å². The second-order valence-electron chi connectivity index (χ2n) is 6.25. The van der Waals surface area contributed by atoms with Crippen LogP contribution in [0.15, 0.2) is 71.2 Å². The standard InChI is InChI=1S/C22H20BrNO2/c1-2-12-25-17-10-11-19-18-8-3-4-9-20(18)24-22(26-21(19)14-17)15-6-5-7-16(23)13-15/h3-11,13-14,22,24H,2,12H2,1H3. The number of fused-ring (bicyclic) bond motifs is 3. The van der Waals surface area contributed by atoms with Gasteiger partial charge in [0.25, 0.3) is 0 Å². The average molecular weight is 410 g/mol. The Morgan fingerprint density at radius 3 is 2.73 bits per heavy atom. The largest absolute Gasteiger partial charge is 0.493 e. The molecule has 3 aromatic rings. The Morgan fingerprint density at radius 1 is 1.00 bits per heavy atom. The zero-order valence-electron chi connectivity index (χ0n) is 14.5. The monoisotopic (exact) mass is 409 g/mol. The average Bonchev–Trinajstić information content (AvgIpc) is 2.83. The molecule has 26 heavy (non-hydrogen) atoms.